The number of morpholine rings is 1. The number of thiazole rings is 1. The molecule has 3 rings (SSSR count). The van der Waals surface area contributed by atoms with Gasteiger partial charge in [-0.1, -0.05) is 12.8 Å². The fourth-order valence-electron chi connectivity index (χ4n) is 3.35. The number of aromatic nitrogens is 1. The van der Waals surface area contributed by atoms with E-state index in [1.165, 1.54) is 24.2 Å². The first-order valence-electron chi connectivity index (χ1n) is 8.70. The van der Waals surface area contributed by atoms with Gasteiger partial charge in [0.2, 0.25) is 0 Å². The Kier molecular flexibility index (Phi) is 5.50. The van der Waals surface area contributed by atoms with Gasteiger partial charge in [-0.2, -0.15) is 0 Å². The fraction of sp³-hybridized carbons (Fsp3) is 0.706. The third-order valence-corrected chi connectivity index (χ3v) is 5.71. The summed E-state index contributed by atoms with van der Waals surface area (Å²) in [5.41, 5.74) is 0.768. The van der Waals surface area contributed by atoms with Crippen LogP contribution in [-0.4, -0.2) is 65.5 Å². The number of ether oxygens (including phenoxy) is 1. The number of rotatable bonds is 2. The zero-order valence-electron chi connectivity index (χ0n) is 14.4. The van der Waals surface area contributed by atoms with Gasteiger partial charge in [-0.25, -0.2) is 4.98 Å². The van der Waals surface area contributed by atoms with E-state index in [1.807, 2.05) is 18.7 Å². The third kappa shape index (κ3) is 3.78. The van der Waals surface area contributed by atoms with Crippen LogP contribution in [0.3, 0.4) is 0 Å². The lowest BCUT2D eigenvalue weighted by Crippen LogP contribution is -2.52. The monoisotopic (exact) mass is 351 g/mol. The van der Waals surface area contributed by atoms with Crippen LogP contribution in [0.4, 0.5) is 0 Å². The van der Waals surface area contributed by atoms with Crippen molar-refractivity contribution in [3.63, 3.8) is 0 Å². The largest absolute Gasteiger partial charge is 0.365 e. The molecular formula is C17H25N3O3S. The lowest BCUT2D eigenvalue weighted by Gasteiger charge is -2.34. The summed E-state index contributed by atoms with van der Waals surface area (Å²) in [6, 6.07) is 0. The van der Waals surface area contributed by atoms with Crippen molar-refractivity contribution >= 4 is 23.2 Å². The Hall–Kier alpha value is -1.47. The molecule has 3 heterocycles. The molecule has 24 heavy (non-hydrogen) atoms. The minimum Gasteiger partial charge on any atom is -0.365 e. The summed E-state index contributed by atoms with van der Waals surface area (Å²) in [5, 5.41) is 0.890. The summed E-state index contributed by atoms with van der Waals surface area (Å²) in [6.45, 7) is 6.65. The van der Waals surface area contributed by atoms with Crippen molar-refractivity contribution in [2.24, 2.45) is 0 Å². The van der Waals surface area contributed by atoms with Gasteiger partial charge in [0, 0.05) is 19.6 Å². The molecule has 0 aliphatic carbocycles. The maximum atomic E-state index is 12.7. The molecular weight excluding hydrogens is 326 g/mol. The summed E-state index contributed by atoms with van der Waals surface area (Å²) < 4.78 is 5.69. The molecule has 132 valence electrons. The molecule has 0 radical (unpaired) electrons. The highest BCUT2D eigenvalue weighted by atomic mass is 32.1. The van der Waals surface area contributed by atoms with Crippen LogP contribution in [-0.2, 0) is 9.53 Å². The van der Waals surface area contributed by atoms with Crippen LogP contribution in [0.1, 0.15) is 46.1 Å². The molecule has 0 aromatic carbocycles. The quantitative estimate of drug-likeness (QED) is 0.818. The molecule has 2 fully saturated rings. The normalized spacial score (nSPS) is 22.3. The van der Waals surface area contributed by atoms with Crippen molar-refractivity contribution in [2.45, 2.75) is 45.6 Å². The number of amides is 2. The number of hydrogen-bond acceptors (Lipinski definition) is 5. The zero-order chi connectivity index (χ0) is 17.1. The number of hydrogen-bond donors (Lipinski definition) is 0. The van der Waals surface area contributed by atoms with Gasteiger partial charge < -0.3 is 14.5 Å². The zero-order valence-corrected chi connectivity index (χ0v) is 15.2. The van der Waals surface area contributed by atoms with Gasteiger partial charge in [0.05, 0.1) is 23.9 Å². The average molecular weight is 351 g/mol. The summed E-state index contributed by atoms with van der Waals surface area (Å²) in [4.78, 5) is 34.1. The molecule has 0 saturated carbocycles. The highest BCUT2D eigenvalue weighted by Gasteiger charge is 2.33. The molecule has 1 atom stereocenters. The van der Waals surface area contributed by atoms with Gasteiger partial charge in [0.1, 0.15) is 4.88 Å². The molecule has 6 nitrogen and oxygen atoms in total. The van der Waals surface area contributed by atoms with Crippen LogP contribution in [0.5, 0.6) is 0 Å². The number of carbonyl (C=O) groups is 2. The maximum Gasteiger partial charge on any atom is 0.266 e. The van der Waals surface area contributed by atoms with Crippen LogP contribution in [0.2, 0.25) is 0 Å². The Morgan fingerprint density at radius 3 is 2.42 bits per heavy atom. The van der Waals surface area contributed by atoms with Crippen LogP contribution in [0.15, 0.2) is 0 Å². The third-order valence-electron chi connectivity index (χ3n) is 4.64. The van der Waals surface area contributed by atoms with E-state index < -0.39 is 6.10 Å². The van der Waals surface area contributed by atoms with E-state index in [2.05, 4.69) is 4.98 Å². The first-order chi connectivity index (χ1) is 11.6. The predicted molar refractivity (Wildman–Crippen MR) is 92.3 cm³/mol. The van der Waals surface area contributed by atoms with E-state index in [0.717, 1.165) is 36.6 Å². The Bertz CT molecular complexity index is 608. The van der Waals surface area contributed by atoms with Crippen LogP contribution in [0, 0.1) is 13.8 Å². The molecule has 2 amide bonds. The highest BCUT2D eigenvalue weighted by Crippen LogP contribution is 2.21. The number of aryl methyl sites for hydroxylation is 2. The summed E-state index contributed by atoms with van der Waals surface area (Å²) in [6.07, 6.45) is 3.95. The first kappa shape index (κ1) is 17.4. The minimum atomic E-state index is -0.532. The molecule has 0 unspecified atom stereocenters. The van der Waals surface area contributed by atoms with E-state index in [0.29, 0.717) is 24.6 Å². The van der Waals surface area contributed by atoms with Gasteiger partial charge in [-0.3, -0.25) is 9.59 Å². The molecule has 1 aromatic rings. The number of nitrogens with zero attached hydrogens (tertiary/aromatic N) is 3. The second-order valence-corrected chi connectivity index (χ2v) is 7.70. The van der Waals surface area contributed by atoms with Crippen LogP contribution in [0.25, 0.3) is 0 Å². The van der Waals surface area contributed by atoms with Crippen molar-refractivity contribution < 1.29 is 14.3 Å². The summed E-state index contributed by atoms with van der Waals surface area (Å²) in [5.74, 6) is 0.00155. The molecule has 2 aliphatic heterocycles. The molecule has 1 aromatic heterocycles. The molecule has 7 heteroatoms. The minimum absolute atomic E-state index is 0.0323. The van der Waals surface area contributed by atoms with Crippen molar-refractivity contribution in [1.29, 1.82) is 0 Å². The second-order valence-electron chi connectivity index (χ2n) is 6.50. The molecule has 0 N–H and O–H groups in total. The lowest BCUT2D eigenvalue weighted by atomic mass is 10.2. The van der Waals surface area contributed by atoms with Crippen molar-refractivity contribution in [1.82, 2.24) is 14.8 Å². The summed E-state index contributed by atoms with van der Waals surface area (Å²) >= 11 is 1.42. The van der Waals surface area contributed by atoms with E-state index >= 15 is 0 Å². The molecule has 0 spiro atoms. The van der Waals surface area contributed by atoms with Crippen LogP contribution >= 0.6 is 11.3 Å². The van der Waals surface area contributed by atoms with E-state index in [9.17, 15) is 9.59 Å². The first-order valence-corrected chi connectivity index (χ1v) is 9.51. The van der Waals surface area contributed by atoms with Gasteiger partial charge in [0.25, 0.3) is 11.8 Å². The highest BCUT2D eigenvalue weighted by molar-refractivity contribution is 7.13. The molecule has 2 aliphatic rings. The van der Waals surface area contributed by atoms with Crippen molar-refractivity contribution in [3.05, 3.63) is 15.6 Å². The van der Waals surface area contributed by atoms with Crippen molar-refractivity contribution in [3.8, 4) is 0 Å². The van der Waals surface area contributed by atoms with E-state index in [-0.39, 0.29) is 11.8 Å². The predicted octanol–water partition coefficient (Wildman–Crippen LogP) is 2.00. The van der Waals surface area contributed by atoms with Crippen molar-refractivity contribution in [2.75, 3.05) is 32.8 Å². The van der Waals surface area contributed by atoms with Gasteiger partial charge in [-0.15, -0.1) is 11.3 Å². The number of carbonyl (C=O) groups excluding carboxylic acids is 2. The Labute approximate surface area is 146 Å². The van der Waals surface area contributed by atoms with Gasteiger partial charge >= 0.3 is 0 Å². The van der Waals surface area contributed by atoms with E-state index in [4.69, 9.17) is 4.74 Å². The molecule has 2 saturated heterocycles. The summed E-state index contributed by atoms with van der Waals surface area (Å²) in [7, 11) is 0. The maximum absolute atomic E-state index is 12.7. The standard InChI is InChI=1S/C17H25N3O3S/c1-12-15(24-13(2)18-12)17(22)20-9-10-23-14(11-20)16(21)19-7-5-3-4-6-8-19/h14H,3-11H2,1-2H3/t14-/m1/s1. The Morgan fingerprint density at radius 2 is 1.79 bits per heavy atom. The lowest BCUT2D eigenvalue weighted by molar-refractivity contribution is -0.148. The van der Waals surface area contributed by atoms with Gasteiger partial charge in [0.15, 0.2) is 6.10 Å². The molecule has 0 bridgehead atoms. The van der Waals surface area contributed by atoms with E-state index in [1.54, 1.807) is 4.90 Å². The Morgan fingerprint density at radius 1 is 1.08 bits per heavy atom. The average Bonchev–Trinajstić information content (AvgIpc) is 2.80. The SMILES string of the molecule is Cc1nc(C)c(C(=O)N2CCO[C@@H](C(=O)N3CCCCCC3)C2)s1. The fourth-order valence-corrected chi connectivity index (χ4v) is 4.24. The number of likely N-dealkylation sites (tertiary alicyclic amines) is 1. The van der Waals surface area contributed by atoms with Gasteiger partial charge in [-0.05, 0) is 26.7 Å². The van der Waals surface area contributed by atoms with Crippen LogP contribution < -0.4 is 0 Å². The smallest absolute Gasteiger partial charge is 0.266 e. The topological polar surface area (TPSA) is 62.7 Å². The second kappa shape index (κ2) is 7.61. The Balaban J connectivity index is 1.66.